The van der Waals surface area contributed by atoms with Crippen LogP contribution in [-0.2, 0) is 4.74 Å². The molecule has 2 aromatic rings. The standard InChI is InChI=1S/C23H33ClN6O/c1-30(15-17-6-8-31-9-7-17)23-14-26-13-21(29-23)19-10-22(27-12-20(19)24)28-18-4-2-16(11-25)3-5-18/h10,12-14,16-18H,2-9,11,15,25H2,1H3,(H,27,28). The van der Waals surface area contributed by atoms with Crippen LogP contribution in [0.5, 0.6) is 0 Å². The maximum Gasteiger partial charge on any atom is 0.147 e. The Kier molecular flexibility index (Phi) is 7.58. The highest BCUT2D eigenvalue weighted by Gasteiger charge is 2.21. The Morgan fingerprint density at radius 2 is 1.87 bits per heavy atom. The summed E-state index contributed by atoms with van der Waals surface area (Å²) in [5, 5.41) is 4.15. The summed E-state index contributed by atoms with van der Waals surface area (Å²) < 4.78 is 5.48. The Bertz CT molecular complexity index is 852. The first-order chi connectivity index (χ1) is 15.1. The molecule has 168 valence electrons. The van der Waals surface area contributed by atoms with Crippen molar-refractivity contribution in [3.63, 3.8) is 0 Å². The Labute approximate surface area is 189 Å². The zero-order valence-electron chi connectivity index (χ0n) is 18.3. The predicted octanol–water partition coefficient (Wildman–Crippen LogP) is 3.98. The van der Waals surface area contributed by atoms with Crippen LogP contribution >= 0.6 is 11.6 Å². The van der Waals surface area contributed by atoms with E-state index in [1.807, 2.05) is 12.3 Å². The van der Waals surface area contributed by atoms with Gasteiger partial charge in [-0.15, -0.1) is 0 Å². The van der Waals surface area contributed by atoms with Crippen molar-refractivity contribution in [2.24, 2.45) is 17.6 Å². The highest BCUT2D eigenvalue weighted by atomic mass is 35.5. The van der Waals surface area contributed by atoms with Crippen LogP contribution in [0.25, 0.3) is 11.3 Å². The summed E-state index contributed by atoms with van der Waals surface area (Å²) in [6, 6.07) is 2.41. The average Bonchev–Trinajstić information content (AvgIpc) is 2.81. The molecule has 0 amide bonds. The van der Waals surface area contributed by atoms with Gasteiger partial charge in [-0.1, -0.05) is 11.6 Å². The molecule has 8 heteroatoms. The van der Waals surface area contributed by atoms with Crippen molar-refractivity contribution < 1.29 is 4.74 Å². The molecule has 1 saturated carbocycles. The minimum absolute atomic E-state index is 0.423. The molecule has 1 aliphatic heterocycles. The van der Waals surface area contributed by atoms with Gasteiger partial charge in [0.25, 0.3) is 0 Å². The number of hydrogen-bond donors (Lipinski definition) is 2. The van der Waals surface area contributed by atoms with Crippen LogP contribution < -0.4 is 16.0 Å². The molecule has 0 spiro atoms. The van der Waals surface area contributed by atoms with E-state index in [-0.39, 0.29) is 0 Å². The smallest absolute Gasteiger partial charge is 0.147 e. The van der Waals surface area contributed by atoms with Crippen molar-refractivity contribution in [1.82, 2.24) is 15.0 Å². The van der Waals surface area contributed by atoms with E-state index in [1.54, 1.807) is 12.4 Å². The van der Waals surface area contributed by atoms with E-state index in [0.717, 1.165) is 74.9 Å². The quantitative estimate of drug-likeness (QED) is 0.667. The van der Waals surface area contributed by atoms with Crippen molar-refractivity contribution in [3.05, 3.63) is 29.7 Å². The molecule has 4 rings (SSSR count). The molecule has 0 unspecified atom stereocenters. The van der Waals surface area contributed by atoms with Gasteiger partial charge in [-0.2, -0.15) is 0 Å². The van der Waals surface area contributed by atoms with Crippen LogP contribution in [0.15, 0.2) is 24.7 Å². The Balaban J connectivity index is 1.46. The van der Waals surface area contributed by atoms with Crippen LogP contribution in [0.1, 0.15) is 38.5 Å². The monoisotopic (exact) mass is 444 g/mol. The van der Waals surface area contributed by atoms with Gasteiger partial charge in [-0.25, -0.2) is 9.97 Å². The molecule has 2 aromatic heterocycles. The number of ether oxygens (including phenoxy) is 1. The number of hydrogen-bond acceptors (Lipinski definition) is 7. The molecule has 31 heavy (non-hydrogen) atoms. The van der Waals surface area contributed by atoms with Crippen LogP contribution in [0, 0.1) is 11.8 Å². The van der Waals surface area contributed by atoms with E-state index >= 15 is 0 Å². The molecule has 0 bridgehead atoms. The number of halogens is 1. The number of rotatable bonds is 7. The normalized spacial score (nSPS) is 22.3. The van der Waals surface area contributed by atoms with E-state index < -0.39 is 0 Å². The fraction of sp³-hybridized carbons (Fsp3) is 0.609. The van der Waals surface area contributed by atoms with Gasteiger partial charge >= 0.3 is 0 Å². The lowest BCUT2D eigenvalue weighted by molar-refractivity contribution is 0.0685. The van der Waals surface area contributed by atoms with Gasteiger partial charge in [0.1, 0.15) is 11.6 Å². The van der Waals surface area contributed by atoms with E-state index in [4.69, 9.17) is 27.1 Å². The number of nitrogens with two attached hydrogens (primary N) is 1. The minimum Gasteiger partial charge on any atom is -0.381 e. The lowest BCUT2D eigenvalue weighted by atomic mass is 9.86. The van der Waals surface area contributed by atoms with Crippen LogP contribution in [0.4, 0.5) is 11.6 Å². The molecule has 2 fully saturated rings. The molecule has 2 aliphatic rings. The molecule has 0 radical (unpaired) electrons. The molecule has 1 aliphatic carbocycles. The predicted molar refractivity (Wildman–Crippen MR) is 126 cm³/mol. The molecule has 3 heterocycles. The maximum absolute atomic E-state index is 6.50. The summed E-state index contributed by atoms with van der Waals surface area (Å²) in [4.78, 5) is 16.0. The lowest BCUT2D eigenvalue weighted by Gasteiger charge is -2.28. The highest BCUT2D eigenvalue weighted by Crippen LogP contribution is 2.31. The Hall–Kier alpha value is -1.96. The van der Waals surface area contributed by atoms with Crippen molar-refractivity contribution in [2.45, 2.75) is 44.6 Å². The first-order valence-corrected chi connectivity index (χ1v) is 11.7. The molecule has 7 nitrogen and oxygen atoms in total. The zero-order valence-corrected chi connectivity index (χ0v) is 19.0. The second-order valence-electron chi connectivity index (χ2n) is 8.85. The number of nitrogens with one attached hydrogen (secondary N) is 1. The van der Waals surface area contributed by atoms with Crippen molar-refractivity contribution >= 4 is 23.2 Å². The van der Waals surface area contributed by atoms with E-state index in [2.05, 4.69) is 27.2 Å². The number of aromatic nitrogens is 3. The van der Waals surface area contributed by atoms with E-state index in [9.17, 15) is 0 Å². The van der Waals surface area contributed by atoms with Gasteiger partial charge in [-0.3, -0.25) is 4.98 Å². The lowest BCUT2D eigenvalue weighted by Crippen LogP contribution is -2.30. The fourth-order valence-corrected chi connectivity index (χ4v) is 4.74. The molecule has 1 saturated heterocycles. The zero-order chi connectivity index (χ0) is 21.6. The minimum atomic E-state index is 0.423. The molecule has 0 aromatic carbocycles. The number of pyridine rings is 1. The van der Waals surface area contributed by atoms with Gasteiger partial charge in [0.2, 0.25) is 0 Å². The summed E-state index contributed by atoms with van der Waals surface area (Å²) in [6.07, 6.45) is 12.0. The molecule has 3 N–H and O–H groups in total. The van der Waals surface area contributed by atoms with Gasteiger partial charge in [0.05, 0.1) is 23.1 Å². The SMILES string of the molecule is CN(CC1CCOCC1)c1cncc(-c2cc(NC3CCC(CN)CC3)ncc2Cl)n1. The first-order valence-electron chi connectivity index (χ1n) is 11.4. The summed E-state index contributed by atoms with van der Waals surface area (Å²) in [5.41, 5.74) is 7.43. The first kappa shape index (κ1) is 22.2. The van der Waals surface area contributed by atoms with Crippen molar-refractivity contribution in [2.75, 3.05) is 43.6 Å². The average molecular weight is 445 g/mol. The summed E-state index contributed by atoms with van der Waals surface area (Å²) >= 11 is 6.50. The van der Waals surface area contributed by atoms with E-state index in [0.29, 0.717) is 22.9 Å². The largest absolute Gasteiger partial charge is 0.381 e. The van der Waals surface area contributed by atoms with Gasteiger partial charge < -0.3 is 20.7 Å². The molecule has 0 atom stereocenters. The third-order valence-electron chi connectivity index (χ3n) is 6.55. The van der Waals surface area contributed by atoms with Crippen LogP contribution in [-0.4, -0.2) is 54.3 Å². The Morgan fingerprint density at radius 1 is 1.10 bits per heavy atom. The maximum atomic E-state index is 6.50. The summed E-state index contributed by atoms with van der Waals surface area (Å²) in [5.74, 6) is 2.96. The third kappa shape index (κ3) is 5.84. The summed E-state index contributed by atoms with van der Waals surface area (Å²) in [7, 11) is 2.07. The highest BCUT2D eigenvalue weighted by molar-refractivity contribution is 6.33. The van der Waals surface area contributed by atoms with Crippen molar-refractivity contribution in [3.8, 4) is 11.3 Å². The summed E-state index contributed by atoms with van der Waals surface area (Å²) in [6.45, 7) is 3.43. The second kappa shape index (κ2) is 10.6. The van der Waals surface area contributed by atoms with Gasteiger partial charge in [-0.05, 0) is 63.0 Å². The molecular formula is C23H33ClN6O. The van der Waals surface area contributed by atoms with Gasteiger partial charge in [0.15, 0.2) is 0 Å². The number of anilines is 2. The number of nitrogens with zero attached hydrogens (tertiary/aromatic N) is 4. The van der Waals surface area contributed by atoms with Crippen molar-refractivity contribution in [1.29, 1.82) is 0 Å². The second-order valence-corrected chi connectivity index (χ2v) is 9.25. The van der Waals surface area contributed by atoms with Gasteiger partial charge in [0, 0.05) is 44.6 Å². The van der Waals surface area contributed by atoms with E-state index in [1.165, 1.54) is 12.8 Å². The van der Waals surface area contributed by atoms with Crippen LogP contribution in [0.3, 0.4) is 0 Å². The topological polar surface area (TPSA) is 89.2 Å². The van der Waals surface area contributed by atoms with Crippen LogP contribution in [0.2, 0.25) is 5.02 Å². The molecular weight excluding hydrogens is 412 g/mol. The third-order valence-corrected chi connectivity index (χ3v) is 6.85. The fourth-order valence-electron chi connectivity index (χ4n) is 4.54. The Morgan fingerprint density at radius 3 is 2.61 bits per heavy atom.